The van der Waals surface area contributed by atoms with E-state index in [1.165, 1.54) is 11.1 Å². The molecule has 4 nitrogen and oxygen atoms in total. The molecule has 1 aliphatic rings. The molecular formula is C26H27NO3. The second-order valence-electron chi connectivity index (χ2n) is 7.54. The number of carbonyl (C=O) groups is 1. The van der Waals surface area contributed by atoms with E-state index < -0.39 is 0 Å². The molecule has 0 bridgehead atoms. The molecule has 0 spiro atoms. The highest BCUT2D eigenvalue weighted by Gasteiger charge is 2.31. The summed E-state index contributed by atoms with van der Waals surface area (Å²) < 4.78 is 10.7. The van der Waals surface area contributed by atoms with Gasteiger partial charge in [-0.05, 0) is 47.2 Å². The average molecular weight is 402 g/mol. The molecule has 1 unspecified atom stereocenters. The monoisotopic (exact) mass is 401 g/mol. The summed E-state index contributed by atoms with van der Waals surface area (Å²) in [6, 6.07) is 24.6. The zero-order valence-electron chi connectivity index (χ0n) is 17.5. The third-order valence-corrected chi connectivity index (χ3v) is 5.79. The van der Waals surface area contributed by atoms with Gasteiger partial charge in [0, 0.05) is 13.0 Å². The number of hydrogen-bond donors (Lipinski definition) is 0. The summed E-state index contributed by atoms with van der Waals surface area (Å²) in [7, 11) is 3.25. The highest BCUT2D eigenvalue weighted by Crippen LogP contribution is 2.35. The molecule has 0 aromatic heterocycles. The Bertz CT molecular complexity index is 1020. The van der Waals surface area contributed by atoms with Crippen LogP contribution in [0.2, 0.25) is 0 Å². The van der Waals surface area contributed by atoms with Gasteiger partial charge >= 0.3 is 0 Å². The van der Waals surface area contributed by atoms with Crippen LogP contribution in [0.1, 0.15) is 34.7 Å². The Morgan fingerprint density at radius 2 is 1.67 bits per heavy atom. The van der Waals surface area contributed by atoms with Crippen LogP contribution in [0.5, 0.6) is 11.5 Å². The van der Waals surface area contributed by atoms with E-state index in [0.29, 0.717) is 24.3 Å². The maximum absolute atomic E-state index is 13.3. The van der Waals surface area contributed by atoms with Crippen molar-refractivity contribution in [2.45, 2.75) is 25.3 Å². The van der Waals surface area contributed by atoms with E-state index in [0.717, 1.165) is 24.1 Å². The van der Waals surface area contributed by atoms with Crippen molar-refractivity contribution >= 4 is 5.91 Å². The predicted molar refractivity (Wildman–Crippen MR) is 118 cm³/mol. The van der Waals surface area contributed by atoms with Gasteiger partial charge in [-0.3, -0.25) is 4.79 Å². The molecule has 0 saturated heterocycles. The second-order valence-corrected chi connectivity index (χ2v) is 7.54. The lowest BCUT2D eigenvalue weighted by atomic mass is 9.88. The first-order chi connectivity index (χ1) is 14.7. The molecule has 0 N–H and O–H groups in total. The highest BCUT2D eigenvalue weighted by atomic mass is 16.5. The third-order valence-electron chi connectivity index (χ3n) is 5.79. The standard InChI is InChI=1S/C26H27NO3/c1-29-23-14-12-19(18-24(23)30-2)13-15-25(28)27-17-16-20-8-6-7-11-22(20)26(27)21-9-4-3-5-10-21/h3-12,14,18,26H,13,15-17H2,1-2H3. The third kappa shape index (κ3) is 4.04. The Labute approximate surface area is 178 Å². The molecule has 3 aromatic carbocycles. The van der Waals surface area contributed by atoms with Crippen LogP contribution in [0.15, 0.2) is 72.8 Å². The molecule has 30 heavy (non-hydrogen) atoms. The van der Waals surface area contributed by atoms with Gasteiger partial charge in [0.15, 0.2) is 11.5 Å². The lowest BCUT2D eigenvalue weighted by Gasteiger charge is -2.38. The van der Waals surface area contributed by atoms with Crippen LogP contribution >= 0.6 is 0 Å². The van der Waals surface area contributed by atoms with Gasteiger partial charge in [0.2, 0.25) is 5.91 Å². The van der Waals surface area contributed by atoms with Crippen LogP contribution in [0.3, 0.4) is 0 Å². The van der Waals surface area contributed by atoms with Crippen LogP contribution in [-0.4, -0.2) is 31.6 Å². The van der Waals surface area contributed by atoms with Crippen molar-refractivity contribution in [3.05, 3.63) is 95.1 Å². The van der Waals surface area contributed by atoms with E-state index in [9.17, 15) is 4.79 Å². The Balaban J connectivity index is 1.55. The highest BCUT2D eigenvalue weighted by molar-refractivity contribution is 5.78. The van der Waals surface area contributed by atoms with Crippen LogP contribution in [0.25, 0.3) is 0 Å². The number of nitrogens with zero attached hydrogens (tertiary/aromatic N) is 1. The summed E-state index contributed by atoms with van der Waals surface area (Å²) in [6.45, 7) is 0.737. The van der Waals surface area contributed by atoms with Gasteiger partial charge in [-0.25, -0.2) is 0 Å². The number of ether oxygens (including phenoxy) is 2. The summed E-state index contributed by atoms with van der Waals surface area (Å²) in [5, 5.41) is 0. The fourth-order valence-electron chi connectivity index (χ4n) is 4.26. The van der Waals surface area contributed by atoms with Crippen LogP contribution in [0.4, 0.5) is 0 Å². The number of benzene rings is 3. The zero-order valence-corrected chi connectivity index (χ0v) is 17.5. The Morgan fingerprint density at radius 3 is 2.43 bits per heavy atom. The number of aryl methyl sites for hydroxylation is 1. The summed E-state index contributed by atoms with van der Waals surface area (Å²) in [4.78, 5) is 15.4. The van der Waals surface area contributed by atoms with Crippen molar-refractivity contribution in [3.8, 4) is 11.5 Å². The normalized spacial score (nSPS) is 15.4. The molecule has 4 heteroatoms. The van der Waals surface area contributed by atoms with Gasteiger partial charge in [-0.15, -0.1) is 0 Å². The van der Waals surface area contributed by atoms with E-state index in [-0.39, 0.29) is 11.9 Å². The van der Waals surface area contributed by atoms with Crippen LogP contribution in [-0.2, 0) is 17.6 Å². The summed E-state index contributed by atoms with van der Waals surface area (Å²) >= 11 is 0. The molecule has 3 aromatic rings. The van der Waals surface area contributed by atoms with Crippen molar-refractivity contribution < 1.29 is 14.3 Å². The molecule has 0 fully saturated rings. The minimum Gasteiger partial charge on any atom is -0.493 e. The van der Waals surface area contributed by atoms with Crippen molar-refractivity contribution in [2.24, 2.45) is 0 Å². The molecule has 1 aliphatic heterocycles. The fourth-order valence-corrected chi connectivity index (χ4v) is 4.26. The fraction of sp³-hybridized carbons (Fsp3) is 0.269. The van der Waals surface area contributed by atoms with Crippen molar-refractivity contribution in [3.63, 3.8) is 0 Å². The first-order valence-electron chi connectivity index (χ1n) is 10.3. The molecule has 0 aliphatic carbocycles. The van der Waals surface area contributed by atoms with Crippen molar-refractivity contribution in [1.82, 2.24) is 4.90 Å². The first kappa shape index (κ1) is 20.0. The zero-order chi connectivity index (χ0) is 20.9. The van der Waals surface area contributed by atoms with E-state index in [4.69, 9.17) is 9.47 Å². The van der Waals surface area contributed by atoms with Gasteiger partial charge in [0.25, 0.3) is 0 Å². The molecule has 1 heterocycles. The van der Waals surface area contributed by atoms with Crippen molar-refractivity contribution in [2.75, 3.05) is 20.8 Å². The number of fused-ring (bicyclic) bond motifs is 1. The average Bonchev–Trinajstić information content (AvgIpc) is 2.82. The topological polar surface area (TPSA) is 38.8 Å². The smallest absolute Gasteiger partial charge is 0.223 e. The van der Waals surface area contributed by atoms with E-state index in [1.807, 2.05) is 41.3 Å². The Hall–Kier alpha value is -3.27. The lowest BCUT2D eigenvalue weighted by molar-refractivity contribution is -0.133. The Kier molecular flexibility index (Phi) is 6.03. The number of rotatable bonds is 6. The number of carbonyl (C=O) groups excluding carboxylic acids is 1. The summed E-state index contributed by atoms with van der Waals surface area (Å²) in [5.41, 5.74) is 4.78. The summed E-state index contributed by atoms with van der Waals surface area (Å²) in [5.74, 6) is 1.56. The second kappa shape index (κ2) is 9.04. The molecular weight excluding hydrogens is 374 g/mol. The lowest BCUT2D eigenvalue weighted by Crippen LogP contribution is -2.40. The van der Waals surface area contributed by atoms with Gasteiger partial charge in [-0.2, -0.15) is 0 Å². The molecule has 154 valence electrons. The van der Waals surface area contributed by atoms with E-state index in [2.05, 4.69) is 36.4 Å². The van der Waals surface area contributed by atoms with E-state index >= 15 is 0 Å². The van der Waals surface area contributed by atoms with Crippen molar-refractivity contribution in [1.29, 1.82) is 0 Å². The number of hydrogen-bond acceptors (Lipinski definition) is 3. The largest absolute Gasteiger partial charge is 0.493 e. The molecule has 1 amide bonds. The maximum Gasteiger partial charge on any atom is 0.223 e. The maximum atomic E-state index is 13.3. The number of amides is 1. The van der Waals surface area contributed by atoms with Gasteiger partial charge in [0.05, 0.1) is 20.3 Å². The van der Waals surface area contributed by atoms with Gasteiger partial charge in [-0.1, -0.05) is 60.7 Å². The molecule has 0 radical (unpaired) electrons. The first-order valence-corrected chi connectivity index (χ1v) is 10.3. The minimum absolute atomic E-state index is 0.0333. The molecule has 4 rings (SSSR count). The van der Waals surface area contributed by atoms with Crippen LogP contribution < -0.4 is 9.47 Å². The quantitative estimate of drug-likeness (QED) is 0.595. The van der Waals surface area contributed by atoms with Gasteiger partial charge in [0.1, 0.15) is 0 Å². The Morgan fingerprint density at radius 1 is 0.933 bits per heavy atom. The number of methoxy groups -OCH3 is 2. The van der Waals surface area contributed by atoms with E-state index in [1.54, 1.807) is 14.2 Å². The SMILES string of the molecule is COc1ccc(CCC(=O)N2CCc3ccccc3C2c2ccccc2)cc1OC. The van der Waals surface area contributed by atoms with Gasteiger partial charge < -0.3 is 14.4 Å². The summed E-state index contributed by atoms with van der Waals surface area (Å²) in [6.07, 6.45) is 2.02. The minimum atomic E-state index is -0.0333. The predicted octanol–water partition coefficient (Wildman–Crippen LogP) is 4.81. The molecule has 0 saturated carbocycles. The van der Waals surface area contributed by atoms with Crippen LogP contribution in [0, 0.1) is 0 Å². The molecule has 1 atom stereocenters.